The molecule has 1 aromatic heterocycles. The summed E-state index contributed by atoms with van der Waals surface area (Å²) in [4.78, 5) is 11.3. The van der Waals surface area contributed by atoms with Gasteiger partial charge in [0.15, 0.2) is 11.0 Å². The number of carbonyl (C=O) groups is 1. The van der Waals surface area contributed by atoms with Gasteiger partial charge in [-0.25, -0.2) is 0 Å². The van der Waals surface area contributed by atoms with Crippen molar-refractivity contribution >= 4 is 17.7 Å². The second-order valence-electron chi connectivity index (χ2n) is 4.30. The van der Waals surface area contributed by atoms with Crippen LogP contribution < -0.4 is 4.74 Å². The van der Waals surface area contributed by atoms with Gasteiger partial charge in [-0.15, -0.1) is 16.8 Å². The van der Waals surface area contributed by atoms with E-state index in [1.165, 1.54) is 18.9 Å². The van der Waals surface area contributed by atoms with E-state index in [0.29, 0.717) is 11.7 Å². The molecule has 22 heavy (non-hydrogen) atoms. The highest BCUT2D eigenvalue weighted by molar-refractivity contribution is 7.99. The Morgan fingerprint density at radius 2 is 2.05 bits per heavy atom. The van der Waals surface area contributed by atoms with E-state index in [1.54, 1.807) is 13.2 Å². The van der Waals surface area contributed by atoms with Crippen molar-refractivity contribution in [3.05, 3.63) is 36.9 Å². The highest BCUT2D eigenvalue weighted by Crippen LogP contribution is 2.25. The van der Waals surface area contributed by atoms with E-state index in [4.69, 9.17) is 4.74 Å². The summed E-state index contributed by atoms with van der Waals surface area (Å²) in [6.45, 7) is 4.31. The van der Waals surface area contributed by atoms with Crippen LogP contribution in [0.1, 0.15) is 0 Å². The van der Waals surface area contributed by atoms with Crippen LogP contribution in [0.15, 0.2) is 42.1 Å². The Morgan fingerprint density at radius 1 is 1.32 bits per heavy atom. The lowest BCUT2D eigenvalue weighted by molar-refractivity contribution is -0.137. The number of aromatic nitrogens is 3. The van der Waals surface area contributed by atoms with Crippen LogP contribution in [0.5, 0.6) is 5.75 Å². The van der Waals surface area contributed by atoms with Crippen molar-refractivity contribution in [2.24, 2.45) is 0 Å². The number of hydrogen-bond donors (Lipinski definition) is 0. The SMILES string of the molecule is C=CCn1c(SCC(=O)OC)nnc1-c1ccc(OC)cc1. The Hall–Kier alpha value is -2.28. The number of esters is 1. The van der Waals surface area contributed by atoms with Gasteiger partial charge in [0, 0.05) is 12.1 Å². The second kappa shape index (κ2) is 7.65. The number of allylic oxidation sites excluding steroid dienone is 1. The highest BCUT2D eigenvalue weighted by Gasteiger charge is 2.15. The van der Waals surface area contributed by atoms with E-state index in [1.807, 2.05) is 28.8 Å². The first-order valence-corrected chi connectivity index (χ1v) is 7.56. The van der Waals surface area contributed by atoms with E-state index in [0.717, 1.165) is 17.1 Å². The number of nitrogens with zero attached hydrogens (tertiary/aromatic N) is 3. The van der Waals surface area contributed by atoms with Crippen molar-refractivity contribution < 1.29 is 14.3 Å². The molecule has 0 saturated heterocycles. The Bertz CT molecular complexity index is 653. The maximum absolute atomic E-state index is 11.3. The van der Waals surface area contributed by atoms with Gasteiger partial charge in [-0.2, -0.15) is 0 Å². The lowest BCUT2D eigenvalue weighted by Gasteiger charge is -2.08. The Labute approximate surface area is 133 Å². The molecule has 0 unspecified atom stereocenters. The predicted octanol–water partition coefficient (Wildman–Crippen LogP) is 2.40. The summed E-state index contributed by atoms with van der Waals surface area (Å²) in [7, 11) is 2.98. The van der Waals surface area contributed by atoms with Gasteiger partial charge in [-0.05, 0) is 24.3 Å². The molecule has 0 saturated carbocycles. The quantitative estimate of drug-likeness (QED) is 0.443. The molecule has 0 amide bonds. The third kappa shape index (κ3) is 3.67. The minimum Gasteiger partial charge on any atom is -0.497 e. The predicted molar refractivity (Wildman–Crippen MR) is 84.9 cm³/mol. The Kier molecular flexibility index (Phi) is 5.60. The number of rotatable bonds is 7. The molecule has 0 aliphatic rings. The zero-order chi connectivity index (χ0) is 15.9. The second-order valence-corrected chi connectivity index (χ2v) is 5.24. The van der Waals surface area contributed by atoms with Crippen LogP contribution in [0.4, 0.5) is 0 Å². The number of methoxy groups -OCH3 is 2. The maximum Gasteiger partial charge on any atom is 0.316 e. The minimum absolute atomic E-state index is 0.189. The van der Waals surface area contributed by atoms with Gasteiger partial charge in [0.05, 0.1) is 20.0 Å². The molecule has 0 aliphatic heterocycles. The molecule has 0 N–H and O–H groups in total. The van der Waals surface area contributed by atoms with Gasteiger partial charge in [-0.1, -0.05) is 17.8 Å². The molecule has 2 rings (SSSR count). The van der Waals surface area contributed by atoms with Crippen molar-refractivity contribution in [1.29, 1.82) is 0 Å². The molecule has 1 heterocycles. The molecule has 0 atom stereocenters. The molecule has 2 aromatic rings. The van der Waals surface area contributed by atoms with Gasteiger partial charge in [-0.3, -0.25) is 9.36 Å². The lowest BCUT2D eigenvalue weighted by atomic mass is 10.2. The fourth-order valence-electron chi connectivity index (χ4n) is 1.83. The first-order valence-electron chi connectivity index (χ1n) is 6.57. The van der Waals surface area contributed by atoms with Gasteiger partial charge in [0.25, 0.3) is 0 Å². The highest BCUT2D eigenvalue weighted by atomic mass is 32.2. The van der Waals surface area contributed by atoms with E-state index >= 15 is 0 Å². The normalized spacial score (nSPS) is 10.3. The largest absolute Gasteiger partial charge is 0.497 e. The van der Waals surface area contributed by atoms with Crippen LogP contribution in [-0.2, 0) is 16.1 Å². The number of thioether (sulfide) groups is 1. The molecule has 7 heteroatoms. The standard InChI is InChI=1S/C15H17N3O3S/c1-4-9-18-14(11-5-7-12(20-2)8-6-11)16-17-15(18)22-10-13(19)21-3/h4-8H,1,9-10H2,2-3H3. The van der Waals surface area contributed by atoms with E-state index < -0.39 is 0 Å². The van der Waals surface area contributed by atoms with Crippen molar-refractivity contribution in [2.75, 3.05) is 20.0 Å². The molecular formula is C15H17N3O3S. The van der Waals surface area contributed by atoms with E-state index in [2.05, 4.69) is 21.5 Å². The van der Waals surface area contributed by atoms with Crippen LogP contribution >= 0.6 is 11.8 Å². The molecule has 0 fully saturated rings. The van der Waals surface area contributed by atoms with E-state index in [9.17, 15) is 4.79 Å². The van der Waals surface area contributed by atoms with Crippen LogP contribution in [0.2, 0.25) is 0 Å². The third-order valence-corrected chi connectivity index (χ3v) is 3.86. The summed E-state index contributed by atoms with van der Waals surface area (Å²) in [5.41, 5.74) is 0.917. The number of benzene rings is 1. The van der Waals surface area contributed by atoms with Crippen LogP contribution in [0.3, 0.4) is 0 Å². The molecule has 116 valence electrons. The van der Waals surface area contributed by atoms with Crippen molar-refractivity contribution in [2.45, 2.75) is 11.7 Å². The molecule has 0 spiro atoms. The molecule has 6 nitrogen and oxygen atoms in total. The maximum atomic E-state index is 11.3. The van der Waals surface area contributed by atoms with Gasteiger partial charge >= 0.3 is 5.97 Å². The number of carbonyl (C=O) groups excluding carboxylic acids is 1. The van der Waals surface area contributed by atoms with Crippen LogP contribution in [0, 0.1) is 0 Å². The monoisotopic (exact) mass is 319 g/mol. The van der Waals surface area contributed by atoms with E-state index in [-0.39, 0.29) is 11.7 Å². The molecule has 0 bridgehead atoms. The fourth-order valence-corrected chi connectivity index (χ4v) is 2.61. The third-order valence-electron chi connectivity index (χ3n) is 2.92. The smallest absolute Gasteiger partial charge is 0.316 e. The topological polar surface area (TPSA) is 66.2 Å². The van der Waals surface area contributed by atoms with Crippen LogP contribution in [0.25, 0.3) is 11.4 Å². The minimum atomic E-state index is -0.302. The summed E-state index contributed by atoms with van der Waals surface area (Å²) >= 11 is 1.29. The van der Waals surface area contributed by atoms with Gasteiger partial charge in [0.1, 0.15) is 5.75 Å². The summed E-state index contributed by atoms with van der Waals surface area (Å²) in [6.07, 6.45) is 1.76. The van der Waals surface area contributed by atoms with Gasteiger partial charge < -0.3 is 9.47 Å². The molecule has 1 aromatic carbocycles. The summed E-state index contributed by atoms with van der Waals surface area (Å²) in [5.74, 6) is 1.38. The zero-order valence-corrected chi connectivity index (χ0v) is 13.3. The first kappa shape index (κ1) is 16.1. The fraction of sp³-hybridized carbons (Fsp3) is 0.267. The molecule has 0 aliphatic carbocycles. The average Bonchev–Trinajstić information content (AvgIpc) is 2.96. The summed E-state index contributed by atoms with van der Waals surface area (Å²) in [5, 5.41) is 9.01. The lowest BCUT2D eigenvalue weighted by Crippen LogP contribution is -2.06. The Balaban J connectivity index is 2.28. The van der Waals surface area contributed by atoms with Crippen LogP contribution in [-0.4, -0.2) is 40.7 Å². The first-order chi connectivity index (χ1) is 10.7. The summed E-state index contributed by atoms with van der Waals surface area (Å²) < 4.78 is 11.7. The van der Waals surface area contributed by atoms with Gasteiger partial charge in [0.2, 0.25) is 0 Å². The number of ether oxygens (including phenoxy) is 2. The molecule has 0 radical (unpaired) electrons. The summed E-state index contributed by atoms with van der Waals surface area (Å²) in [6, 6.07) is 7.56. The zero-order valence-electron chi connectivity index (χ0n) is 12.5. The number of hydrogen-bond acceptors (Lipinski definition) is 6. The average molecular weight is 319 g/mol. The van der Waals surface area contributed by atoms with Crippen molar-refractivity contribution in [1.82, 2.24) is 14.8 Å². The Morgan fingerprint density at radius 3 is 2.64 bits per heavy atom. The molecular weight excluding hydrogens is 302 g/mol. The van der Waals surface area contributed by atoms with Crippen molar-refractivity contribution in [3.63, 3.8) is 0 Å². The van der Waals surface area contributed by atoms with Crippen molar-refractivity contribution in [3.8, 4) is 17.1 Å².